The second-order valence-electron chi connectivity index (χ2n) is 8.13. The average molecular weight is 454 g/mol. The highest BCUT2D eigenvalue weighted by Crippen LogP contribution is 2.26. The van der Waals surface area contributed by atoms with Gasteiger partial charge in [-0.25, -0.2) is 4.98 Å². The van der Waals surface area contributed by atoms with Crippen LogP contribution in [0.3, 0.4) is 0 Å². The second-order valence-corrected chi connectivity index (χ2v) is 8.57. The quantitative estimate of drug-likeness (QED) is 0.554. The zero-order valence-electron chi connectivity index (χ0n) is 18.4. The lowest BCUT2D eigenvalue weighted by Gasteiger charge is -2.31. The van der Waals surface area contributed by atoms with Gasteiger partial charge in [-0.05, 0) is 56.6 Å². The summed E-state index contributed by atoms with van der Waals surface area (Å²) in [5, 5.41) is 3.76. The molecule has 0 saturated carbocycles. The predicted molar refractivity (Wildman–Crippen MR) is 125 cm³/mol. The number of likely N-dealkylation sites (tertiary alicyclic amines) is 1. The van der Waals surface area contributed by atoms with Crippen LogP contribution in [0, 0.1) is 12.8 Å². The maximum atomic E-state index is 12.8. The number of halogens is 1. The lowest BCUT2D eigenvalue weighted by Crippen LogP contribution is -2.42. The van der Waals surface area contributed by atoms with Gasteiger partial charge >= 0.3 is 0 Å². The summed E-state index contributed by atoms with van der Waals surface area (Å²) in [7, 11) is 1.64. The van der Waals surface area contributed by atoms with Crippen LogP contribution >= 0.6 is 11.6 Å². The van der Waals surface area contributed by atoms with E-state index >= 15 is 0 Å². The Morgan fingerprint density at radius 3 is 2.81 bits per heavy atom. The Labute approximate surface area is 193 Å². The molecule has 1 unspecified atom stereocenters. The van der Waals surface area contributed by atoms with E-state index in [1.807, 2.05) is 55.5 Å². The molecule has 2 aromatic carbocycles. The third-order valence-corrected chi connectivity index (χ3v) is 6.13. The number of aryl methyl sites for hydroxylation is 1. The molecule has 1 atom stereocenters. The van der Waals surface area contributed by atoms with Crippen molar-refractivity contribution in [1.29, 1.82) is 0 Å². The molecule has 0 bridgehead atoms. The van der Waals surface area contributed by atoms with Crippen molar-refractivity contribution in [3.05, 3.63) is 70.6 Å². The molecule has 2 heterocycles. The molecule has 0 aliphatic carbocycles. The Morgan fingerprint density at radius 2 is 2.03 bits per heavy atom. The lowest BCUT2D eigenvalue weighted by molar-refractivity contribution is -0.127. The number of para-hydroxylation sites is 1. The Morgan fingerprint density at radius 1 is 1.25 bits per heavy atom. The van der Waals surface area contributed by atoms with Gasteiger partial charge in [0.05, 0.1) is 18.7 Å². The molecule has 1 N–H and O–H groups in total. The van der Waals surface area contributed by atoms with Gasteiger partial charge in [-0.1, -0.05) is 29.8 Å². The number of methoxy groups -OCH3 is 1. The van der Waals surface area contributed by atoms with Crippen LogP contribution in [0.5, 0.6) is 5.75 Å². The van der Waals surface area contributed by atoms with E-state index in [0.717, 1.165) is 47.7 Å². The van der Waals surface area contributed by atoms with E-state index in [2.05, 4.69) is 10.2 Å². The SMILES string of the molecule is COc1ccccc1CNC(=O)C1CCCN(Cc2nc(-c3ccc(Cl)cc3)oc2C)C1. The van der Waals surface area contributed by atoms with Crippen LogP contribution < -0.4 is 10.1 Å². The Kier molecular flexibility index (Phi) is 7.12. The molecule has 1 fully saturated rings. The Bertz CT molecular complexity index is 1060. The molecule has 1 amide bonds. The van der Waals surface area contributed by atoms with Gasteiger partial charge in [-0.3, -0.25) is 9.69 Å². The number of hydrogen-bond acceptors (Lipinski definition) is 5. The summed E-state index contributed by atoms with van der Waals surface area (Å²) in [5.41, 5.74) is 2.78. The Hall–Kier alpha value is -2.83. The molecule has 6 nitrogen and oxygen atoms in total. The number of aromatic nitrogens is 1. The molecule has 1 saturated heterocycles. The van der Waals surface area contributed by atoms with Crippen LogP contribution in [-0.2, 0) is 17.9 Å². The molecule has 1 aromatic heterocycles. The number of nitrogens with one attached hydrogen (secondary N) is 1. The number of oxazole rings is 1. The van der Waals surface area contributed by atoms with Gasteiger partial charge < -0.3 is 14.5 Å². The molecular formula is C25H28ClN3O3. The fourth-order valence-corrected chi connectivity index (χ4v) is 4.22. The highest BCUT2D eigenvalue weighted by Gasteiger charge is 2.27. The minimum Gasteiger partial charge on any atom is -0.496 e. The summed E-state index contributed by atoms with van der Waals surface area (Å²) in [5.74, 6) is 2.23. The van der Waals surface area contributed by atoms with Gasteiger partial charge in [-0.2, -0.15) is 0 Å². The Balaban J connectivity index is 1.36. The van der Waals surface area contributed by atoms with Crippen molar-refractivity contribution < 1.29 is 13.9 Å². The van der Waals surface area contributed by atoms with Crippen LogP contribution in [0.1, 0.15) is 29.9 Å². The topological polar surface area (TPSA) is 67.6 Å². The summed E-state index contributed by atoms with van der Waals surface area (Å²) in [6.45, 7) is 4.72. The minimum absolute atomic E-state index is 0.0404. The molecule has 1 aliphatic rings. The normalized spacial score (nSPS) is 16.7. The van der Waals surface area contributed by atoms with Crippen LogP contribution in [0.25, 0.3) is 11.5 Å². The molecule has 7 heteroatoms. The average Bonchev–Trinajstić information content (AvgIpc) is 3.18. The van der Waals surface area contributed by atoms with E-state index in [0.29, 0.717) is 30.5 Å². The number of amides is 1. The van der Waals surface area contributed by atoms with Crippen LogP contribution in [-0.4, -0.2) is 36.0 Å². The zero-order chi connectivity index (χ0) is 22.5. The number of hydrogen-bond donors (Lipinski definition) is 1. The van der Waals surface area contributed by atoms with Crippen molar-refractivity contribution in [3.8, 4) is 17.2 Å². The summed E-state index contributed by atoms with van der Waals surface area (Å²) >= 11 is 5.98. The number of ether oxygens (including phenoxy) is 1. The number of rotatable bonds is 7. The first-order valence-corrected chi connectivity index (χ1v) is 11.3. The van der Waals surface area contributed by atoms with Gasteiger partial charge in [0.2, 0.25) is 11.8 Å². The van der Waals surface area contributed by atoms with Crippen molar-refractivity contribution in [2.24, 2.45) is 5.92 Å². The monoisotopic (exact) mass is 453 g/mol. The van der Waals surface area contributed by atoms with Crippen molar-refractivity contribution >= 4 is 17.5 Å². The molecule has 0 radical (unpaired) electrons. The lowest BCUT2D eigenvalue weighted by atomic mass is 9.97. The van der Waals surface area contributed by atoms with Gasteiger partial charge in [0, 0.05) is 35.8 Å². The highest BCUT2D eigenvalue weighted by atomic mass is 35.5. The summed E-state index contributed by atoms with van der Waals surface area (Å²) in [4.78, 5) is 19.8. The number of carbonyl (C=O) groups is 1. The molecule has 32 heavy (non-hydrogen) atoms. The van der Waals surface area contributed by atoms with E-state index < -0.39 is 0 Å². The maximum Gasteiger partial charge on any atom is 0.226 e. The minimum atomic E-state index is -0.0404. The fraction of sp³-hybridized carbons (Fsp3) is 0.360. The fourth-order valence-electron chi connectivity index (χ4n) is 4.09. The summed E-state index contributed by atoms with van der Waals surface area (Å²) in [6.07, 6.45) is 1.87. The van der Waals surface area contributed by atoms with Crippen molar-refractivity contribution in [2.75, 3.05) is 20.2 Å². The highest BCUT2D eigenvalue weighted by molar-refractivity contribution is 6.30. The van der Waals surface area contributed by atoms with E-state index in [1.54, 1.807) is 7.11 Å². The number of piperidine rings is 1. The second kappa shape index (κ2) is 10.2. The summed E-state index contributed by atoms with van der Waals surface area (Å²) < 4.78 is 11.3. The third kappa shape index (κ3) is 5.31. The van der Waals surface area contributed by atoms with Gasteiger partial charge in [0.25, 0.3) is 0 Å². The first-order valence-electron chi connectivity index (χ1n) is 10.9. The maximum absolute atomic E-state index is 12.8. The first kappa shape index (κ1) is 22.4. The van der Waals surface area contributed by atoms with E-state index in [4.69, 9.17) is 25.7 Å². The van der Waals surface area contributed by atoms with E-state index in [9.17, 15) is 4.79 Å². The van der Waals surface area contributed by atoms with Crippen molar-refractivity contribution in [1.82, 2.24) is 15.2 Å². The van der Waals surface area contributed by atoms with Crippen LogP contribution in [0.2, 0.25) is 5.02 Å². The predicted octanol–water partition coefficient (Wildman–Crippen LogP) is 4.84. The van der Waals surface area contributed by atoms with Crippen LogP contribution in [0.4, 0.5) is 0 Å². The standard InChI is InChI=1S/C25H28ClN3O3/c1-17-22(28-25(32-17)18-9-11-21(26)12-10-18)16-29-13-5-7-20(15-29)24(30)27-14-19-6-3-4-8-23(19)31-2/h3-4,6,8-12,20H,5,7,13-16H2,1-2H3,(H,27,30). The van der Waals surface area contributed by atoms with Gasteiger partial charge in [0.15, 0.2) is 0 Å². The van der Waals surface area contributed by atoms with Gasteiger partial charge in [0.1, 0.15) is 11.5 Å². The largest absolute Gasteiger partial charge is 0.496 e. The number of benzene rings is 2. The summed E-state index contributed by atoms with van der Waals surface area (Å²) in [6, 6.07) is 15.2. The van der Waals surface area contributed by atoms with Crippen molar-refractivity contribution in [3.63, 3.8) is 0 Å². The first-order chi connectivity index (χ1) is 15.5. The smallest absolute Gasteiger partial charge is 0.226 e. The molecule has 4 rings (SSSR count). The molecular weight excluding hydrogens is 426 g/mol. The molecule has 3 aromatic rings. The number of carbonyl (C=O) groups excluding carboxylic acids is 1. The number of nitrogens with zero attached hydrogens (tertiary/aromatic N) is 2. The zero-order valence-corrected chi connectivity index (χ0v) is 19.2. The third-order valence-electron chi connectivity index (χ3n) is 5.88. The van der Waals surface area contributed by atoms with Crippen molar-refractivity contribution in [2.45, 2.75) is 32.9 Å². The van der Waals surface area contributed by atoms with E-state index in [-0.39, 0.29) is 11.8 Å². The molecule has 0 spiro atoms. The van der Waals surface area contributed by atoms with Gasteiger partial charge in [-0.15, -0.1) is 0 Å². The molecule has 1 aliphatic heterocycles. The van der Waals surface area contributed by atoms with E-state index in [1.165, 1.54) is 0 Å². The molecule has 168 valence electrons. The van der Waals surface area contributed by atoms with Crippen LogP contribution in [0.15, 0.2) is 52.9 Å².